The number of fused-ring (bicyclic) bond motifs is 1. The number of pyridine rings is 1. The Kier molecular flexibility index (Phi) is 5.71. The molecule has 1 aliphatic heterocycles. The summed E-state index contributed by atoms with van der Waals surface area (Å²) in [5.74, 6) is -2.01. The number of aromatic nitrogens is 1. The first-order valence-electron chi connectivity index (χ1n) is 10.2. The van der Waals surface area contributed by atoms with Gasteiger partial charge in [-0.3, -0.25) is 9.88 Å². The predicted octanol–water partition coefficient (Wildman–Crippen LogP) is 4.60. The van der Waals surface area contributed by atoms with Crippen molar-refractivity contribution in [2.75, 3.05) is 26.2 Å². The molecule has 0 saturated carbocycles. The number of rotatable bonds is 6. The van der Waals surface area contributed by atoms with E-state index < -0.39 is 12.0 Å². The number of hydrogen-bond acceptors (Lipinski definition) is 4. The molecule has 2 heterocycles. The fourth-order valence-electron chi connectivity index (χ4n) is 4.15. The van der Waals surface area contributed by atoms with Crippen molar-refractivity contribution < 1.29 is 18.6 Å². The first kappa shape index (κ1) is 20.7. The van der Waals surface area contributed by atoms with E-state index in [2.05, 4.69) is 4.98 Å². The summed E-state index contributed by atoms with van der Waals surface area (Å²) in [6.07, 6.45) is -1.00. The van der Waals surface area contributed by atoms with Crippen LogP contribution in [0.15, 0.2) is 48.5 Å². The van der Waals surface area contributed by atoms with E-state index in [0.717, 1.165) is 33.3 Å². The van der Waals surface area contributed by atoms with Gasteiger partial charge in [-0.05, 0) is 48.4 Å². The summed E-state index contributed by atoms with van der Waals surface area (Å²) in [6.45, 7) is 4.11. The molecule has 2 aromatic carbocycles. The Labute approximate surface area is 175 Å². The fourth-order valence-corrected chi connectivity index (χ4v) is 4.15. The normalized spacial score (nSPS) is 17.4. The molecule has 30 heavy (non-hydrogen) atoms. The van der Waals surface area contributed by atoms with Crippen LogP contribution in [0.1, 0.15) is 17.8 Å². The van der Waals surface area contributed by atoms with Gasteiger partial charge in [0.1, 0.15) is 18.5 Å². The molecule has 158 valence electrons. The van der Waals surface area contributed by atoms with Gasteiger partial charge in [0, 0.05) is 36.5 Å². The zero-order valence-corrected chi connectivity index (χ0v) is 17.2. The van der Waals surface area contributed by atoms with Crippen molar-refractivity contribution in [1.82, 2.24) is 9.88 Å². The number of likely N-dealkylation sites (tertiary alicyclic amines) is 1. The van der Waals surface area contributed by atoms with Crippen LogP contribution in [0, 0.1) is 13.8 Å². The number of halogens is 2. The third-order valence-corrected chi connectivity index (χ3v) is 5.41. The van der Waals surface area contributed by atoms with Crippen molar-refractivity contribution >= 4 is 10.8 Å². The molecular formula is C24H26F2N2O2. The second-order valence-corrected chi connectivity index (χ2v) is 8.10. The zero-order valence-electron chi connectivity index (χ0n) is 17.2. The van der Waals surface area contributed by atoms with Crippen molar-refractivity contribution in [2.24, 2.45) is 0 Å². The van der Waals surface area contributed by atoms with Crippen LogP contribution in [-0.2, 0) is 0 Å². The Balaban J connectivity index is 1.59. The van der Waals surface area contributed by atoms with Gasteiger partial charge in [-0.2, -0.15) is 0 Å². The molecule has 0 amide bonds. The number of ether oxygens (including phenoxy) is 1. The van der Waals surface area contributed by atoms with E-state index >= 15 is 0 Å². The minimum atomic E-state index is -2.66. The van der Waals surface area contributed by atoms with Crippen molar-refractivity contribution in [3.8, 4) is 16.9 Å². The van der Waals surface area contributed by atoms with Gasteiger partial charge in [0.15, 0.2) is 0 Å². The largest absolute Gasteiger partial charge is 0.490 e. The van der Waals surface area contributed by atoms with Gasteiger partial charge in [-0.1, -0.05) is 30.3 Å². The summed E-state index contributed by atoms with van der Waals surface area (Å²) in [5, 5.41) is 12.5. The highest BCUT2D eigenvalue weighted by Crippen LogP contribution is 2.37. The van der Waals surface area contributed by atoms with Crippen LogP contribution in [0.4, 0.5) is 8.78 Å². The van der Waals surface area contributed by atoms with E-state index in [9.17, 15) is 13.9 Å². The second-order valence-electron chi connectivity index (χ2n) is 8.10. The molecule has 1 aromatic heterocycles. The molecule has 0 spiro atoms. The number of alkyl halides is 2. The Morgan fingerprint density at radius 2 is 1.87 bits per heavy atom. The molecule has 1 aliphatic rings. The van der Waals surface area contributed by atoms with Gasteiger partial charge < -0.3 is 9.84 Å². The van der Waals surface area contributed by atoms with Crippen molar-refractivity contribution in [2.45, 2.75) is 32.3 Å². The first-order valence-corrected chi connectivity index (χ1v) is 10.2. The molecule has 0 bridgehead atoms. The maximum Gasteiger partial charge on any atom is 0.261 e. The highest BCUT2D eigenvalue weighted by Gasteiger charge is 2.38. The molecule has 6 heteroatoms. The molecule has 1 atom stereocenters. The summed E-state index contributed by atoms with van der Waals surface area (Å²) in [6, 6.07) is 16.0. The van der Waals surface area contributed by atoms with Crippen LogP contribution in [-0.4, -0.2) is 53.3 Å². The first-order chi connectivity index (χ1) is 14.3. The third-order valence-electron chi connectivity index (χ3n) is 5.41. The molecular weight excluding hydrogens is 386 g/mol. The van der Waals surface area contributed by atoms with Crippen LogP contribution in [0.25, 0.3) is 21.9 Å². The van der Waals surface area contributed by atoms with Gasteiger partial charge in [-0.25, -0.2) is 8.78 Å². The van der Waals surface area contributed by atoms with E-state index in [1.807, 2.05) is 62.4 Å². The predicted molar refractivity (Wildman–Crippen MR) is 114 cm³/mol. The van der Waals surface area contributed by atoms with Crippen LogP contribution >= 0.6 is 0 Å². The number of β-amino-alcohol motifs (C(OH)–C–C–N with tert-alkyl or cyclic N) is 1. The number of hydrogen-bond donors (Lipinski definition) is 1. The number of aliphatic hydroxyl groups is 1. The summed E-state index contributed by atoms with van der Waals surface area (Å²) in [5.41, 5.74) is 3.78. The topological polar surface area (TPSA) is 45.6 Å². The second kappa shape index (κ2) is 8.28. The third kappa shape index (κ3) is 4.60. The van der Waals surface area contributed by atoms with Crippen LogP contribution in [0.5, 0.6) is 5.75 Å². The molecule has 3 aromatic rings. The lowest BCUT2D eigenvalue weighted by atomic mass is 9.96. The number of aryl methyl sites for hydroxylation is 2. The van der Waals surface area contributed by atoms with E-state index in [4.69, 9.17) is 4.74 Å². The minimum Gasteiger partial charge on any atom is -0.490 e. The quantitative estimate of drug-likeness (QED) is 0.643. The number of nitrogens with zero attached hydrogens (tertiary/aromatic N) is 2. The smallest absolute Gasteiger partial charge is 0.261 e. The summed E-state index contributed by atoms with van der Waals surface area (Å²) >= 11 is 0. The van der Waals surface area contributed by atoms with Gasteiger partial charge in [0.2, 0.25) is 0 Å². The van der Waals surface area contributed by atoms with E-state index in [0.29, 0.717) is 12.3 Å². The monoisotopic (exact) mass is 412 g/mol. The molecule has 1 N–H and O–H groups in total. The van der Waals surface area contributed by atoms with Crippen LogP contribution in [0.3, 0.4) is 0 Å². The van der Waals surface area contributed by atoms with Crippen LogP contribution < -0.4 is 4.74 Å². The average molecular weight is 412 g/mol. The Hall–Kier alpha value is -2.57. The van der Waals surface area contributed by atoms with Crippen molar-refractivity contribution in [3.63, 3.8) is 0 Å². The molecule has 4 rings (SSSR count). The SMILES string of the molecule is Cc1cc(-c2c(OCC(O)CN3CCC(F)(F)C3)ccc3ccccc23)cc(C)n1. The highest BCUT2D eigenvalue weighted by atomic mass is 19.3. The maximum atomic E-state index is 13.4. The van der Waals surface area contributed by atoms with E-state index in [1.54, 1.807) is 4.90 Å². The maximum absolute atomic E-state index is 13.4. The van der Waals surface area contributed by atoms with Gasteiger partial charge in [0.25, 0.3) is 5.92 Å². The lowest BCUT2D eigenvalue weighted by Gasteiger charge is -2.21. The van der Waals surface area contributed by atoms with E-state index in [-0.39, 0.29) is 26.1 Å². The lowest BCUT2D eigenvalue weighted by molar-refractivity contribution is 0.00463. The van der Waals surface area contributed by atoms with Gasteiger partial charge in [-0.15, -0.1) is 0 Å². The van der Waals surface area contributed by atoms with Crippen LogP contribution in [0.2, 0.25) is 0 Å². The molecule has 0 radical (unpaired) electrons. The molecule has 1 fully saturated rings. The summed E-state index contributed by atoms with van der Waals surface area (Å²) in [4.78, 5) is 6.05. The Bertz CT molecular complexity index is 1030. The van der Waals surface area contributed by atoms with Gasteiger partial charge >= 0.3 is 0 Å². The fraction of sp³-hybridized carbons (Fsp3) is 0.375. The number of benzene rings is 2. The standard InChI is InChI=1S/C24H26F2N2O2/c1-16-11-19(12-17(2)27-16)23-21-6-4-3-5-18(21)7-8-22(23)30-14-20(29)13-28-10-9-24(25,26)15-28/h3-8,11-12,20,29H,9-10,13-15H2,1-2H3. The molecule has 1 saturated heterocycles. The molecule has 1 unspecified atom stereocenters. The Morgan fingerprint density at radius 1 is 1.13 bits per heavy atom. The van der Waals surface area contributed by atoms with Gasteiger partial charge in [0.05, 0.1) is 6.54 Å². The van der Waals surface area contributed by atoms with Crippen molar-refractivity contribution in [1.29, 1.82) is 0 Å². The van der Waals surface area contributed by atoms with Crippen molar-refractivity contribution in [3.05, 3.63) is 59.9 Å². The van der Waals surface area contributed by atoms with E-state index in [1.165, 1.54) is 0 Å². The Morgan fingerprint density at radius 3 is 2.57 bits per heavy atom. The number of aliphatic hydroxyl groups excluding tert-OH is 1. The molecule has 0 aliphatic carbocycles. The highest BCUT2D eigenvalue weighted by molar-refractivity contribution is 5.99. The minimum absolute atomic E-state index is 0.0382. The average Bonchev–Trinajstić information content (AvgIpc) is 3.03. The molecule has 4 nitrogen and oxygen atoms in total. The lowest BCUT2D eigenvalue weighted by Crippen LogP contribution is -2.35. The zero-order chi connectivity index (χ0) is 21.3. The summed E-state index contributed by atoms with van der Waals surface area (Å²) < 4.78 is 32.8. The summed E-state index contributed by atoms with van der Waals surface area (Å²) in [7, 11) is 0.